The summed E-state index contributed by atoms with van der Waals surface area (Å²) in [6.07, 6.45) is 0. The average molecular weight is 261 g/mol. The first-order valence-electron chi connectivity index (χ1n) is 6.00. The number of aromatic hydroxyl groups is 1. The number of anilines is 1. The SMILES string of the molecule is COc1cc(NC(C)c2ccccc2O)ccc1F. The minimum atomic E-state index is -0.400. The summed E-state index contributed by atoms with van der Waals surface area (Å²) in [6, 6.07) is 11.6. The normalized spacial score (nSPS) is 11.9. The number of methoxy groups -OCH3 is 1. The quantitative estimate of drug-likeness (QED) is 0.881. The third-order valence-electron chi connectivity index (χ3n) is 2.94. The van der Waals surface area contributed by atoms with Gasteiger partial charge in [-0.3, -0.25) is 0 Å². The third-order valence-corrected chi connectivity index (χ3v) is 2.94. The van der Waals surface area contributed by atoms with E-state index in [1.165, 1.54) is 13.2 Å². The van der Waals surface area contributed by atoms with Crippen molar-refractivity contribution in [1.29, 1.82) is 0 Å². The zero-order valence-electron chi connectivity index (χ0n) is 10.9. The molecular formula is C15H16FNO2. The van der Waals surface area contributed by atoms with Gasteiger partial charge in [-0.05, 0) is 25.1 Å². The Bertz CT molecular complexity index is 572. The van der Waals surface area contributed by atoms with Gasteiger partial charge in [-0.25, -0.2) is 4.39 Å². The molecule has 0 saturated carbocycles. The number of rotatable bonds is 4. The lowest BCUT2D eigenvalue weighted by Crippen LogP contribution is -2.07. The van der Waals surface area contributed by atoms with Crippen molar-refractivity contribution >= 4 is 5.69 Å². The molecule has 0 aliphatic carbocycles. The number of nitrogens with one attached hydrogen (secondary N) is 1. The highest BCUT2D eigenvalue weighted by atomic mass is 19.1. The molecule has 1 atom stereocenters. The van der Waals surface area contributed by atoms with Gasteiger partial charge in [0.05, 0.1) is 13.2 Å². The Kier molecular flexibility index (Phi) is 3.90. The molecule has 1 unspecified atom stereocenters. The van der Waals surface area contributed by atoms with Crippen molar-refractivity contribution in [2.75, 3.05) is 12.4 Å². The van der Waals surface area contributed by atoms with E-state index in [-0.39, 0.29) is 17.5 Å². The zero-order chi connectivity index (χ0) is 13.8. The molecule has 3 nitrogen and oxygen atoms in total. The number of hydrogen-bond donors (Lipinski definition) is 2. The molecule has 2 rings (SSSR count). The smallest absolute Gasteiger partial charge is 0.165 e. The van der Waals surface area contributed by atoms with Crippen molar-refractivity contribution < 1.29 is 14.2 Å². The van der Waals surface area contributed by atoms with Gasteiger partial charge in [0.1, 0.15) is 5.75 Å². The molecule has 0 amide bonds. The minimum absolute atomic E-state index is 0.101. The van der Waals surface area contributed by atoms with Crippen LogP contribution in [0.1, 0.15) is 18.5 Å². The Balaban J connectivity index is 2.19. The fourth-order valence-corrected chi connectivity index (χ4v) is 1.93. The van der Waals surface area contributed by atoms with Crippen LogP contribution in [0.25, 0.3) is 0 Å². The Morgan fingerprint density at radius 3 is 2.63 bits per heavy atom. The largest absolute Gasteiger partial charge is 0.508 e. The highest BCUT2D eigenvalue weighted by Gasteiger charge is 2.10. The molecule has 0 saturated heterocycles. The molecule has 2 aromatic rings. The first-order valence-corrected chi connectivity index (χ1v) is 6.00. The first kappa shape index (κ1) is 13.2. The second-order valence-corrected chi connectivity index (χ2v) is 4.27. The molecule has 0 aromatic heterocycles. The van der Waals surface area contributed by atoms with Crippen LogP contribution in [0.4, 0.5) is 10.1 Å². The summed E-state index contributed by atoms with van der Waals surface area (Å²) in [5.41, 5.74) is 1.51. The summed E-state index contributed by atoms with van der Waals surface area (Å²) in [7, 11) is 1.43. The predicted octanol–water partition coefficient (Wildman–Crippen LogP) is 3.71. The van der Waals surface area contributed by atoms with Crippen LogP contribution in [0.2, 0.25) is 0 Å². The van der Waals surface area contributed by atoms with Crippen LogP contribution in [0.5, 0.6) is 11.5 Å². The molecule has 0 fully saturated rings. The number of phenolic OH excluding ortho intramolecular Hbond substituents is 1. The second-order valence-electron chi connectivity index (χ2n) is 4.27. The van der Waals surface area contributed by atoms with E-state index in [9.17, 15) is 9.50 Å². The number of halogens is 1. The average Bonchev–Trinajstić information content (AvgIpc) is 2.41. The molecule has 2 aromatic carbocycles. The fourth-order valence-electron chi connectivity index (χ4n) is 1.93. The molecule has 100 valence electrons. The van der Waals surface area contributed by atoms with Crippen molar-refractivity contribution in [3.05, 3.63) is 53.8 Å². The molecule has 0 aliphatic rings. The van der Waals surface area contributed by atoms with Crippen molar-refractivity contribution in [3.63, 3.8) is 0 Å². The number of para-hydroxylation sites is 1. The number of hydrogen-bond acceptors (Lipinski definition) is 3. The van der Waals surface area contributed by atoms with Gasteiger partial charge in [0, 0.05) is 17.3 Å². The van der Waals surface area contributed by atoms with E-state index in [1.807, 2.05) is 19.1 Å². The van der Waals surface area contributed by atoms with E-state index in [1.54, 1.807) is 24.3 Å². The molecule has 0 aliphatic heterocycles. The Labute approximate surface area is 111 Å². The van der Waals surface area contributed by atoms with Crippen molar-refractivity contribution in [2.24, 2.45) is 0 Å². The highest BCUT2D eigenvalue weighted by molar-refractivity contribution is 5.51. The second kappa shape index (κ2) is 5.61. The van der Waals surface area contributed by atoms with Gasteiger partial charge in [0.2, 0.25) is 0 Å². The van der Waals surface area contributed by atoms with Crippen LogP contribution in [0.3, 0.4) is 0 Å². The van der Waals surface area contributed by atoms with Crippen LogP contribution >= 0.6 is 0 Å². The molecule has 4 heteroatoms. The fraction of sp³-hybridized carbons (Fsp3) is 0.200. The van der Waals surface area contributed by atoms with E-state index < -0.39 is 5.82 Å². The number of phenols is 1. The van der Waals surface area contributed by atoms with Crippen LogP contribution in [0, 0.1) is 5.82 Å². The summed E-state index contributed by atoms with van der Waals surface area (Å²) < 4.78 is 18.2. The monoisotopic (exact) mass is 261 g/mol. The molecule has 0 bridgehead atoms. The molecule has 0 radical (unpaired) electrons. The van der Waals surface area contributed by atoms with Gasteiger partial charge in [-0.1, -0.05) is 18.2 Å². The van der Waals surface area contributed by atoms with Crippen LogP contribution in [-0.2, 0) is 0 Å². The van der Waals surface area contributed by atoms with Crippen molar-refractivity contribution in [2.45, 2.75) is 13.0 Å². The van der Waals surface area contributed by atoms with Gasteiger partial charge >= 0.3 is 0 Å². The number of benzene rings is 2. The summed E-state index contributed by atoms with van der Waals surface area (Å²) in [6.45, 7) is 1.92. The van der Waals surface area contributed by atoms with Crippen LogP contribution in [0.15, 0.2) is 42.5 Å². The summed E-state index contributed by atoms with van der Waals surface area (Å²) in [5, 5.41) is 13.0. The summed E-state index contributed by atoms with van der Waals surface area (Å²) in [4.78, 5) is 0. The third kappa shape index (κ3) is 2.96. The van der Waals surface area contributed by atoms with Crippen molar-refractivity contribution in [1.82, 2.24) is 0 Å². The number of ether oxygens (including phenoxy) is 1. The predicted molar refractivity (Wildman–Crippen MR) is 73.1 cm³/mol. The van der Waals surface area contributed by atoms with Gasteiger partial charge in [-0.2, -0.15) is 0 Å². The van der Waals surface area contributed by atoms with Gasteiger partial charge in [0.15, 0.2) is 11.6 Å². The lowest BCUT2D eigenvalue weighted by molar-refractivity contribution is 0.386. The van der Waals surface area contributed by atoms with Crippen molar-refractivity contribution in [3.8, 4) is 11.5 Å². The Morgan fingerprint density at radius 1 is 1.21 bits per heavy atom. The standard InChI is InChI=1S/C15H16FNO2/c1-10(12-5-3-4-6-14(12)18)17-11-7-8-13(16)15(9-11)19-2/h3-10,17-18H,1-2H3. The summed E-state index contributed by atoms with van der Waals surface area (Å²) in [5.74, 6) is 0.0225. The van der Waals surface area contributed by atoms with E-state index in [0.717, 1.165) is 11.3 Å². The van der Waals surface area contributed by atoms with Gasteiger partial charge < -0.3 is 15.2 Å². The Hall–Kier alpha value is -2.23. The molecule has 19 heavy (non-hydrogen) atoms. The zero-order valence-corrected chi connectivity index (χ0v) is 10.9. The minimum Gasteiger partial charge on any atom is -0.508 e. The van der Waals surface area contributed by atoms with Crippen LogP contribution < -0.4 is 10.1 Å². The lowest BCUT2D eigenvalue weighted by Gasteiger charge is -2.17. The molecule has 0 heterocycles. The van der Waals surface area contributed by atoms with Crippen LogP contribution in [-0.4, -0.2) is 12.2 Å². The van der Waals surface area contributed by atoms with E-state index >= 15 is 0 Å². The maximum atomic E-state index is 13.3. The first-order chi connectivity index (χ1) is 9.11. The maximum absolute atomic E-state index is 13.3. The molecule has 2 N–H and O–H groups in total. The Morgan fingerprint density at radius 2 is 1.95 bits per heavy atom. The topological polar surface area (TPSA) is 41.5 Å². The lowest BCUT2D eigenvalue weighted by atomic mass is 10.1. The molecule has 0 spiro atoms. The van der Waals surface area contributed by atoms with Gasteiger partial charge in [-0.15, -0.1) is 0 Å². The molecular weight excluding hydrogens is 245 g/mol. The van der Waals surface area contributed by atoms with E-state index in [4.69, 9.17) is 4.74 Å². The van der Waals surface area contributed by atoms with E-state index in [0.29, 0.717) is 0 Å². The van der Waals surface area contributed by atoms with Gasteiger partial charge in [0.25, 0.3) is 0 Å². The highest BCUT2D eigenvalue weighted by Crippen LogP contribution is 2.28. The van der Waals surface area contributed by atoms with E-state index in [2.05, 4.69) is 5.32 Å². The maximum Gasteiger partial charge on any atom is 0.165 e. The summed E-state index contributed by atoms with van der Waals surface area (Å²) >= 11 is 0.